The van der Waals surface area contributed by atoms with Gasteiger partial charge >= 0.3 is 0 Å². The molecule has 0 spiro atoms. The molecule has 0 amide bonds. The summed E-state index contributed by atoms with van der Waals surface area (Å²) in [6, 6.07) is 28.9. The van der Waals surface area contributed by atoms with Gasteiger partial charge < -0.3 is 0 Å². The van der Waals surface area contributed by atoms with Crippen molar-refractivity contribution >= 4 is 23.7 Å². The number of carbonyl (C=O) groups is 1. The number of rotatable bonds is 6. The molecule has 154 valence electrons. The van der Waals surface area contributed by atoms with Gasteiger partial charge in [0.1, 0.15) is 5.78 Å². The van der Waals surface area contributed by atoms with Crippen LogP contribution in [0.4, 0.5) is 0 Å². The lowest BCUT2D eigenvalue weighted by Crippen LogP contribution is -2.41. The molecule has 1 saturated carbocycles. The summed E-state index contributed by atoms with van der Waals surface area (Å²) in [4.78, 5) is 13.0. The van der Waals surface area contributed by atoms with Crippen molar-refractivity contribution in [2.45, 2.75) is 32.2 Å². The van der Waals surface area contributed by atoms with Crippen LogP contribution in [0.5, 0.6) is 0 Å². The highest BCUT2D eigenvalue weighted by Crippen LogP contribution is 2.46. The summed E-state index contributed by atoms with van der Waals surface area (Å²) >= 11 is 0. The molecule has 3 aromatic carbocycles. The van der Waals surface area contributed by atoms with Crippen LogP contribution in [-0.4, -0.2) is 5.78 Å². The van der Waals surface area contributed by atoms with Crippen molar-refractivity contribution in [3.63, 3.8) is 0 Å². The summed E-state index contributed by atoms with van der Waals surface area (Å²) in [6.07, 6.45) is 2.55. The Morgan fingerprint density at radius 3 is 1.83 bits per heavy atom. The average molecular weight is 417 g/mol. The first-order valence-corrected chi connectivity index (χ1v) is 12.4. The summed E-state index contributed by atoms with van der Waals surface area (Å²) in [6.45, 7) is 2.15. The lowest BCUT2D eigenvalue weighted by atomic mass is 9.74. The zero-order chi connectivity index (χ0) is 21.0. The third-order valence-corrected chi connectivity index (χ3v) is 8.84. The van der Waals surface area contributed by atoms with E-state index < -0.39 is 7.29 Å². The molecule has 3 atom stereocenters. The van der Waals surface area contributed by atoms with E-state index in [4.69, 9.17) is 0 Å². The Morgan fingerprint density at radius 1 is 0.833 bits per heavy atom. The first kappa shape index (κ1) is 20.8. The highest BCUT2D eigenvalue weighted by molar-refractivity contribution is 7.76. The monoisotopic (exact) mass is 417 g/mol. The predicted molar refractivity (Wildman–Crippen MR) is 124 cm³/mol. The first-order valence-electron chi connectivity index (χ1n) is 10.7. The lowest BCUT2D eigenvalue weighted by molar-refractivity contribution is -0.127. The Bertz CT molecular complexity index is 977. The molecular formula is C26H28NO2P. The molecule has 0 aromatic heterocycles. The molecule has 1 N–H and O–H groups in total. The molecular weight excluding hydrogens is 389 g/mol. The molecule has 0 aliphatic heterocycles. The van der Waals surface area contributed by atoms with Crippen molar-refractivity contribution in [2.24, 2.45) is 11.8 Å². The van der Waals surface area contributed by atoms with Crippen LogP contribution in [0.15, 0.2) is 91.0 Å². The maximum atomic E-state index is 14.6. The van der Waals surface area contributed by atoms with Crippen molar-refractivity contribution < 1.29 is 9.36 Å². The van der Waals surface area contributed by atoms with Crippen LogP contribution in [0.3, 0.4) is 0 Å². The molecule has 3 nitrogen and oxygen atoms in total. The standard InChI is InChI=1S/C26H28NO2P/c1-20-12-11-19-24(28)25(20)26(21-13-5-2-6-14-21)27-30(29,22-15-7-3-8-16-22)23-17-9-4-10-18-23/h2-10,13-18,20,25-26H,11-12,19H2,1H3,(H,27,29)/t20-,25+,26+/m1/s1. The Hall–Kier alpha value is -2.48. The Balaban J connectivity index is 1.83. The van der Waals surface area contributed by atoms with E-state index in [1.165, 1.54) is 0 Å². The van der Waals surface area contributed by atoms with Gasteiger partial charge in [-0.15, -0.1) is 0 Å². The Kier molecular flexibility index (Phi) is 6.32. The third-order valence-electron chi connectivity index (χ3n) is 6.15. The minimum absolute atomic E-state index is 0.193. The number of ketones is 1. The van der Waals surface area contributed by atoms with E-state index in [0.717, 1.165) is 29.0 Å². The zero-order valence-electron chi connectivity index (χ0n) is 17.3. The second kappa shape index (κ2) is 9.12. The number of Topliss-reactive ketones (excluding diaryl/α,β-unsaturated/α-hetero) is 1. The summed E-state index contributed by atoms with van der Waals surface area (Å²) in [5.41, 5.74) is 1.01. The molecule has 1 fully saturated rings. The lowest BCUT2D eigenvalue weighted by Gasteiger charge is -2.37. The van der Waals surface area contributed by atoms with Gasteiger partial charge in [0.2, 0.25) is 7.29 Å². The van der Waals surface area contributed by atoms with Gasteiger partial charge in [0, 0.05) is 29.0 Å². The summed E-state index contributed by atoms with van der Waals surface area (Å²) < 4.78 is 14.6. The van der Waals surface area contributed by atoms with Crippen LogP contribution in [0.25, 0.3) is 0 Å². The molecule has 0 bridgehead atoms. The Labute approximate surface area is 179 Å². The van der Waals surface area contributed by atoms with Crippen molar-refractivity contribution in [1.82, 2.24) is 5.09 Å². The molecule has 30 heavy (non-hydrogen) atoms. The minimum Gasteiger partial charge on any atom is -0.299 e. The fourth-order valence-electron chi connectivity index (χ4n) is 4.57. The normalized spacial score (nSPS) is 20.6. The molecule has 1 aliphatic carbocycles. The van der Waals surface area contributed by atoms with Crippen LogP contribution in [0.2, 0.25) is 0 Å². The summed E-state index contributed by atoms with van der Waals surface area (Å²) in [5.74, 6) is 0.314. The highest BCUT2D eigenvalue weighted by atomic mass is 31.2. The van der Waals surface area contributed by atoms with Crippen molar-refractivity contribution in [3.05, 3.63) is 96.6 Å². The molecule has 4 heteroatoms. The summed E-state index contributed by atoms with van der Waals surface area (Å²) in [5, 5.41) is 5.06. The van der Waals surface area contributed by atoms with Gasteiger partial charge in [-0.05, 0) is 48.6 Å². The van der Waals surface area contributed by atoms with Crippen LogP contribution < -0.4 is 15.7 Å². The van der Waals surface area contributed by atoms with Gasteiger partial charge in [-0.3, -0.25) is 14.4 Å². The van der Waals surface area contributed by atoms with E-state index in [1.54, 1.807) is 0 Å². The number of hydrogen-bond acceptors (Lipinski definition) is 2. The number of carbonyl (C=O) groups excluding carboxylic acids is 1. The fraction of sp³-hybridized carbons (Fsp3) is 0.269. The maximum Gasteiger partial charge on any atom is 0.205 e. The minimum atomic E-state index is -3.17. The van der Waals surface area contributed by atoms with E-state index in [0.29, 0.717) is 6.42 Å². The van der Waals surface area contributed by atoms with Crippen molar-refractivity contribution in [3.8, 4) is 0 Å². The fourth-order valence-corrected chi connectivity index (χ4v) is 7.05. The third kappa shape index (κ3) is 4.19. The van der Waals surface area contributed by atoms with Crippen LogP contribution in [0, 0.1) is 11.8 Å². The summed E-state index contributed by atoms with van der Waals surface area (Å²) in [7, 11) is -3.17. The predicted octanol–water partition coefficient (Wildman–Crippen LogP) is 5.25. The molecule has 3 aromatic rings. The van der Waals surface area contributed by atoms with Gasteiger partial charge in [-0.2, -0.15) is 0 Å². The zero-order valence-corrected chi connectivity index (χ0v) is 18.2. The van der Waals surface area contributed by atoms with Gasteiger partial charge in [-0.1, -0.05) is 73.7 Å². The molecule has 0 unspecified atom stereocenters. The molecule has 4 rings (SSSR count). The average Bonchev–Trinajstić information content (AvgIpc) is 2.80. The van der Waals surface area contributed by atoms with E-state index in [-0.39, 0.29) is 23.7 Å². The molecule has 0 radical (unpaired) electrons. The SMILES string of the molecule is C[C@@H]1CCCC(=O)[C@H]1[C@@H](NP(=O)(c1ccccc1)c1ccccc1)c1ccccc1. The van der Waals surface area contributed by atoms with Gasteiger partial charge in [-0.25, -0.2) is 0 Å². The van der Waals surface area contributed by atoms with Crippen molar-refractivity contribution in [1.29, 1.82) is 0 Å². The molecule has 0 saturated heterocycles. The second-order valence-corrected chi connectivity index (χ2v) is 10.7. The number of benzene rings is 3. The quantitative estimate of drug-likeness (QED) is 0.557. The van der Waals surface area contributed by atoms with Gasteiger partial charge in [0.05, 0.1) is 0 Å². The van der Waals surface area contributed by atoms with Crippen LogP contribution in [0.1, 0.15) is 37.8 Å². The second-order valence-electron chi connectivity index (χ2n) is 8.16. The van der Waals surface area contributed by atoms with Crippen LogP contribution >= 0.6 is 7.29 Å². The molecule has 0 heterocycles. The van der Waals surface area contributed by atoms with Crippen LogP contribution in [-0.2, 0) is 9.36 Å². The largest absolute Gasteiger partial charge is 0.299 e. The number of hydrogen-bond donors (Lipinski definition) is 1. The highest BCUT2D eigenvalue weighted by Gasteiger charge is 2.40. The maximum absolute atomic E-state index is 14.6. The Morgan fingerprint density at radius 2 is 1.33 bits per heavy atom. The van der Waals surface area contributed by atoms with E-state index in [2.05, 4.69) is 12.0 Å². The topological polar surface area (TPSA) is 46.2 Å². The molecule has 1 aliphatic rings. The van der Waals surface area contributed by atoms with Gasteiger partial charge in [0.25, 0.3) is 0 Å². The van der Waals surface area contributed by atoms with E-state index >= 15 is 0 Å². The number of nitrogens with one attached hydrogen (secondary N) is 1. The van der Waals surface area contributed by atoms with E-state index in [1.807, 2.05) is 91.0 Å². The smallest absolute Gasteiger partial charge is 0.205 e. The van der Waals surface area contributed by atoms with E-state index in [9.17, 15) is 9.36 Å². The first-order chi connectivity index (χ1) is 14.6. The van der Waals surface area contributed by atoms with Gasteiger partial charge in [0.15, 0.2) is 0 Å². The van der Waals surface area contributed by atoms with Crippen molar-refractivity contribution in [2.75, 3.05) is 0 Å².